The number of esters is 1. The number of amides is 1. The average molecular weight is 460 g/mol. The molecule has 2 aromatic carbocycles. The molecule has 6 nitrogen and oxygen atoms in total. The maximum atomic E-state index is 13.6. The lowest BCUT2D eigenvalue weighted by atomic mass is 9.91. The quantitative estimate of drug-likeness (QED) is 0.387. The molecule has 2 atom stereocenters. The van der Waals surface area contributed by atoms with Gasteiger partial charge in [-0.15, -0.1) is 0 Å². The maximum Gasteiger partial charge on any atom is 0.308 e. The number of imidazole rings is 1. The third kappa shape index (κ3) is 5.22. The van der Waals surface area contributed by atoms with E-state index in [9.17, 15) is 9.59 Å². The van der Waals surface area contributed by atoms with Crippen LogP contribution in [0.3, 0.4) is 0 Å². The molecule has 1 fully saturated rings. The Labute approximate surface area is 201 Å². The number of likely N-dealkylation sites (tertiary alicyclic amines) is 1. The zero-order valence-electron chi connectivity index (χ0n) is 20.4. The summed E-state index contributed by atoms with van der Waals surface area (Å²) in [4.78, 5) is 35.1. The van der Waals surface area contributed by atoms with Crippen LogP contribution in [0.2, 0.25) is 0 Å². The van der Waals surface area contributed by atoms with Gasteiger partial charge in [0.25, 0.3) is 0 Å². The molecular weight excluding hydrogens is 426 g/mol. The van der Waals surface area contributed by atoms with E-state index in [1.54, 1.807) is 0 Å². The van der Waals surface area contributed by atoms with Crippen LogP contribution in [0.1, 0.15) is 61.7 Å². The summed E-state index contributed by atoms with van der Waals surface area (Å²) in [5, 5.41) is 0. The molecule has 1 amide bonds. The van der Waals surface area contributed by atoms with E-state index in [1.807, 2.05) is 62.2 Å². The fourth-order valence-corrected chi connectivity index (χ4v) is 4.93. The molecule has 1 aliphatic heterocycles. The summed E-state index contributed by atoms with van der Waals surface area (Å²) >= 11 is 0. The molecule has 1 aliphatic rings. The number of nitrogens with one attached hydrogen (secondary N) is 1. The van der Waals surface area contributed by atoms with Crippen LogP contribution in [0.25, 0.3) is 11.3 Å². The molecule has 6 heteroatoms. The van der Waals surface area contributed by atoms with Crippen molar-refractivity contribution in [3.63, 3.8) is 0 Å². The summed E-state index contributed by atoms with van der Waals surface area (Å²) in [5.41, 5.74) is 5.26. The minimum Gasteiger partial charge on any atom is -0.427 e. The third-order valence-corrected chi connectivity index (χ3v) is 6.64. The van der Waals surface area contributed by atoms with Crippen LogP contribution >= 0.6 is 0 Å². The van der Waals surface area contributed by atoms with Gasteiger partial charge in [0.05, 0.1) is 17.9 Å². The molecule has 2 unspecified atom stereocenters. The molecule has 0 aliphatic carbocycles. The standard InChI is InChI=1S/C28H33N3O3/c1-18-14-23(34-21(4)32)15-19(2)24(18)16-20(3)28(33)31-13-9-8-12-26(31)27-29-17-25(30-27)22-10-6-5-7-11-22/h5-7,10-11,14-15,17,20,26H,8-9,12-13,16H2,1-4H3,(H,29,30). The van der Waals surface area contributed by atoms with Crippen molar-refractivity contribution >= 4 is 11.9 Å². The second-order valence-corrected chi connectivity index (χ2v) is 9.33. The average Bonchev–Trinajstić information content (AvgIpc) is 3.31. The first kappa shape index (κ1) is 23.7. The highest BCUT2D eigenvalue weighted by atomic mass is 16.5. The van der Waals surface area contributed by atoms with Crippen molar-refractivity contribution in [1.29, 1.82) is 0 Å². The molecule has 2 heterocycles. The smallest absolute Gasteiger partial charge is 0.308 e. The highest BCUT2D eigenvalue weighted by Gasteiger charge is 2.32. The lowest BCUT2D eigenvalue weighted by Crippen LogP contribution is -2.42. The number of nitrogens with zero attached hydrogens (tertiary/aromatic N) is 2. The van der Waals surface area contributed by atoms with Gasteiger partial charge in [-0.3, -0.25) is 9.59 Å². The fraction of sp³-hybridized carbons (Fsp3) is 0.393. The van der Waals surface area contributed by atoms with Gasteiger partial charge in [-0.2, -0.15) is 0 Å². The van der Waals surface area contributed by atoms with E-state index in [1.165, 1.54) is 6.92 Å². The molecule has 0 spiro atoms. The number of piperidine rings is 1. The number of hydrogen-bond acceptors (Lipinski definition) is 4. The number of aryl methyl sites for hydroxylation is 2. The molecule has 1 N–H and O–H groups in total. The van der Waals surface area contributed by atoms with Crippen LogP contribution in [0.5, 0.6) is 5.75 Å². The van der Waals surface area contributed by atoms with E-state index >= 15 is 0 Å². The van der Waals surface area contributed by atoms with Gasteiger partial charge in [0.1, 0.15) is 11.6 Å². The van der Waals surface area contributed by atoms with Gasteiger partial charge in [0.2, 0.25) is 5.91 Å². The lowest BCUT2D eigenvalue weighted by Gasteiger charge is -2.36. The molecule has 1 aromatic heterocycles. The van der Waals surface area contributed by atoms with Crippen molar-refractivity contribution in [1.82, 2.24) is 14.9 Å². The van der Waals surface area contributed by atoms with Crippen LogP contribution in [0.15, 0.2) is 48.7 Å². The number of H-pyrrole nitrogens is 1. The normalized spacial score (nSPS) is 16.8. The summed E-state index contributed by atoms with van der Waals surface area (Å²) in [6.07, 6.45) is 5.52. The summed E-state index contributed by atoms with van der Waals surface area (Å²) in [6, 6.07) is 13.8. The zero-order chi connectivity index (χ0) is 24.2. The Balaban J connectivity index is 1.51. The molecule has 34 heavy (non-hydrogen) atoms. The molecule has 0 radical (unpaired) electrons. The van der Waals surface area contributed by atoms with E-state index in [0.717, 1.165) is 59.6 Å². The summed E-state index contributed by atoms with van der Waals surface area (Å²) < 4.78 is 5.25. The Hall–Kier alpha value is -3.41. The number of carbonyl (C=O) groups is 2. The van der Waals surface area contributed by atoms with Gasteiger partial charge in [0, 0.05) is 19.4 Å². The fourth-order valence-electron chi connectivity index (χ4n) is 4.93. The van der Waals surface area contributed by atoms with Crippen molar-refractivity contribution < 1.29 is 14.3 Å². The first-order valence-electron chi connectivity index (χ1n) is 12.0. The Morgan fingerprint density at radius 1 is 1.15 bits per heavy atom. The van der Waals surface area contributed by atoms with Crippen LogP contribution < -0.4 is 4.74 Å². The summed E-state index contributed by atoms with van der Waals surface area (Å²) in [5.74, 6) is 1.07. The van der Waals surface area contributed by atoms with E-state index in [4.69, 9.17) is 4.74 Å². The van der Waals surface area contributed by atoms with Gasteiger partial charge in [-0.25, -0.2) is 4.98 Å². The van der Waals surface area contributed by atoms with Crippen LogP contribution in [0.4, 0.5) is 0 Å². The number of aromatic nitrogens is 2. The van der Waals surface area contributed by atoms with Gasteiger partial charge in [0.15, 0.2) is 0 Å². The second kappa shape index (κ2) is 10.2. The largest absolute Gasteiger partial charge is 0.427 e. The third-order valence-electron chi connectivity index (χ3n) is 6.64. The van der Waals surface area contributed by atoms with E-state index in [-0.39, 0.29) is 23.8 Å². The van der Waals surface area contributed by atoms with Crippen LogP contribution in [-0.2, 0) is 16.0 Å². The van der Waals surface area contributed by atoms with Crippen molar-refractivity contribution in [3.05, 3.63) is 71.2 Å². The molecule has 3 aromatic rings. The number of ether oxygens (including phenoxy) is 1. The van der Waals surface area contributed by atoms with Crippen molar-refractivity contribution in [3.8, 4) is 17.0 Å². The predicted octanol–water partition coefficient (Wildman–Crippen LogP) is 5.55. The number of rotatable bonds is 6. The number of hydrogen-bond donors (Lipinski definition) is 1. The van der Waals surface area contributed by atoms with Crippen LogP contribution in [0, 0.1) is 19.8 Å². The Bertz CT molecular complexity index is 1150. The van der Waals surface area contributed by atoms with E-state index in [0.29, 0.717) is 12.2 Å². The summed E-state index contributed by atoms with van der Waals surface area (Å²) in [7, 11) is 0. The highest BCUT2D eigenvalue weighted by molar-refractivity contribution is 5.79. The molecule has 0 bridgehead atoms. The Morgan fingerprint density at radius 2 is 1.85 bits per heavy atom. The molecule has 1 saturated heterocycles. The van der Waals surface area contributed by atoms with Crippen LogP contribution in [-0.4, -0.2) is 33.3 Å². The second-order valence-electron chi connectivity index (χ2n) is 9.33. The maximum absolute atomic E-state index is 13.6. The van der Waals surface area contributed by atoms with Crippen molar-refractivity contribution in [2.24, 2.45) is 5.92 Å². The topological polar surface area (TPSA) is 75.3 Å². The molecule has 4 rings (SSSR count). The molecule has 0 saturated carbocycles. The Morgan fingerprint density at radius 3 is 2.53 bits per heavy atom. The SMILES string of the molecule is CC(=O)Oc1cc(C)c(CC(C)C(=O)N2CCCCC2c2ncc(-c3ccccc3)[nH]2)c(C)c1. The van der Waals surface area contributed by atoms with Gasteiger partial charge < -0.3 is 14.6 Å². The first-order chi connectivity index (χ1) is 16.3. The van der Waals surface area contributed by atoms with E-state index in [2.05, 4.69) is 22.1 Å². The van der Waals surface area contributed by atoms with Crippen molar-refractivity contribution in [2.45, 2.75) is 59.4 Å². The predicted molar refractivity (Wildman–Crippen MR) is 132 cm³/mol. The number of aromatic amines is 1. The number of benzene rings is 2. The van der Waals surface area contributed by atoms with Gasteiger partial charge in [-0.05, 0) is 73.9 Å². The monoisotopic (exact) mass is 459 g/mol. The molecular formula is C28H33N3O3. The zero-order valence-corrected chi connectivity index (χ0v) is 20.4. The minimum absolute atomic E-state index is 0.0327. The van der Waals surface area contributed by atoms with E-state index < -0.39 is 0 Å². The first-order valence-corrected chi connectivity index (χ1v) is 12.0. The summed E-state index contributed by atoms with van der Waals surface area (Å²) in [6.45, 7) is 8.16. The Kier molecular flexibility index (Phi) is 7.15. The highest BCUT2D eigenvalue weighted by Crippen LogP contribution is 2.33. The lowest BCUT2D eigenvalue weighted by molar-refractivity contribution is -0.139. The van der Waals surface area contributed by atoms with Gasteiger partial charge in [-0.1, -0.05) is 37.3 Å². The number of carbonyl (C=O) groups excluding carboxylic acids is 2. The van der Waals surface area contributed by atoms with Crippen molar-refractivity contribution in [2.75, 3.05) is 6.54 Å². The minimum atomic E-state index is -0.334. The molecule has 178 valence electrons. The van der Waals surface area contributed by atoms with Gasteiger partial charge >= 0.3 is 5.97 Å².